The molecule has 0 fully saturated rings. The van der Waals surface area contributed by atoms with E-state index in [1.807, 2.05) is 0 Å². The summed E-state index contributed by atoms with van der Waals surface area (Å²) in [5, 5.41) is 12.9. The first-order chi connectivity index (χ1) is 7.85. The summed E-state index contributed by atoms with van der Waals surface area (Å²) >= 11 is 0. The molecule has 16 heavy (non-hydrogen) atoms. The van der Waals surface area contributed by atoms with Gasteiger partial charge in [-0.25, -0.2) is 5.10 Å². The van der Waals surface area contributed by atoms with Crippen molar-refractivity contribution in [1.29, 1.82) is 0 Å². The lowest BCUT2D eigenvalue weighted by Crippen LogP contribution is -1.94. The number of benzene rings is 1. The largest absolute Gasteiger partial charge is 0.493 e. The van der Waals surface area contributed by atoms with E-state index >= 15 is 0 Å². The molecule has 0 saturated carbocycles. The number of nitrogens with one attached hydrogen (secondary N) is 1. The lowest BCUT2D eigenvalue weighted by atomic mass is 10.3. The topological polar surface area (TPSA) is 82.2 Å². The van der Waals surface area contributed by atoms with Crippen LogP contribution >= 0.6 is 0 Å². The highest BCUT2D eigenvalue weighted by molar-refractivity contribution is 5.51. The van der Waals surface area contributed by atoms with Crippen molar-refractivity contribution in [3.05, 3.63) is 18.2 Å². The minimum atomic E-state index is 0.187. The summed E-state index contributed by atoms with van der Waals surface area (Å²) < 4.78 is 15.7. The second kappa shape index (κ2) is 4.47. The van der Waals surface area contributed by atoms with Crippen LogP contribution in [-0.4, -0.2) is 34.8 Å². The molecule has 0 aliphatic heterocycles. The molecule has 7 heteroatoms. The second-order valence-electron chi connectivity index (χ2n) is 2.80. The normalized spacial score (nSPS) is 9.88. The van der Waals surface area contributed by atoms with E-state index in [0.717, 1.165) is 0 Å². The van der Waals surface area contributed by atoms with Crippen molar-refractivity contribution in [1.82, 2.24) is 20.6 Å². The van der Waals surface area contributed by atoms with Crippen LogP contribution < -0.4 is 14.2 Å². The molecule has 1 heterocycles. The number of methoxy groups -OCH3 is 2. The number of rotatable bonds is 4. The van der Waals surface area contributed by atoms with Crippen molar-refractivity contribution in [2.75, 3.05) is 14.2 Å². The molecule has 7 nitrogen and oxygen atoms in total. The molecule has 0 saturated heterocycles. The van der Waals surface area contributed by atoms with Crippen LogP contribution in [0.1, 0.15) is 0 Å². The van der Waals surface area contributed by atoms with Gasteiger partial charge in [-0.3, -0.25) is 0 Å². The Morgan fingerprint density at radius 2 is 1.94 bits per heavy atom. The molecule has 0 bridgehead atoms. The summed E-state index contributed by atoms with van der Waals surface area (Å²) in [4.78, 5) is 0. The van der Waals surface area contributed by atoms with Gasteiger partial charge in [0.25, 0.3) is 0 Å². The summed E-state index contributed by atoms with van der Waals surface area (Å²) in [5.74, 6) is 1.54. The Hall–Kier alpha value is -2.31. The molecular formula is C9H10N4O3. The van der Waals surface area contributed by atoms with E-state index in [0.29, 0.717) is 17.2 Å². The first-order valence-corrected chi connectivity index (χ1v) is 4.47. The molecule has 2 rings (SSSR count). The Labute approximate surface area is 91.3 Å². The summed E-state index contributed by atoms with van der Waals surface area (Å²) in [6, 6.07) is 5.46. The number of tetrazole rings is 1. The van der Waals surface area contributed by atoms with E-state index in [1.165, 1.54) is 7.11 Å². The predicted octanol–water partition coefficient (Wildman–Crippen LogP) is 1.01. The summed E-state index contributed by atoms with van der Waals surface area (Å²) in [7, 11) is 3.08. The van der Waals surface area contributed by atoms with E-state index in [2.05, 4.69) is 20.6 Å². The molecule has 1 N–H and O–H groups in total. The SMILES string of the molecule is COc1cccc(Oc2nnn[nH]2)c1OC. The van der Waals surface area contributed by atoms with Crippen LogP contribution in [0.2, 0.25) is 0 Å². The van der Waals surface area contributed by atoms with Gasteiger partial charge in [-0.15, -0.1) is 0 Å². The first kappa shape index (κ1) is 10.2. The van der Waals surface area contributed by atoms with Crippen molar-refractivity contribution in [2.45, 2.75) is 0 Å². The number of hydrogen-bond donors (Lipinski definition) is 1. The molecule has 0 spiro atoms. The summed E-state index contributed by atoms with van der Waals surface area (Å²) in [6.45, 7) is 0. The van der Waals surface area contributed by atoms with E-state index in [1.54, 1.807) is 25.3 Å². The Bertz CT molecular complexity index is 458. The number of ether oxygens (including phenoxy) is 3. The van der Waals surface area contributed by atoms with Crippen LogP contribution in [-0.2, 0) is 0 Å². The van der Waals surface area contributed by atoms with Gasteiger partial charge in [0.15, 0.2) is 11.5 Å². The zero-order valence-electron chi connectivity index (χ0n) is 8.80. The Kier molecular flexibility index (Phi) is 2.86. The molecule has 0 aliphatic rings. The second-order valence-corrected chi connectivity index (χ2v) is 2.80. The van der Waals surface area contributed by atoms with Crippen molar-refractivity contribution in [3.63, 3.8) is 0 Å². The maximum atomic E-state index is 5.39. The molecule has 2 aromatic rings. The minimum Gasteiger partial charge on any atom is -0.493 e. The number of nitrogens with zero attached hydrogens (tertiary/aromatic N) is 3. The number of H-pyrrole nitrogens is 1. The standard InChI is InChI=1S/C9H10N4O3/c1-14-6-4-3-5-7(8(6)15-2)16-9-10-12-13-11-9/h3-5H,1-2H3,(H,10,11,12,13). The summed E-state index contributed by atoms with van der Waals surface area (Å²) in [6.07, 6.45) is 0. The monoisotopic (exact) mass is 222 g/mol. The third kappa shape index (κ3) is 1.88. The van der Waals surface area contributed by atoms with Crippen molar-refractivity contribution in [3.8, 4) is 23.3 Å². The van der Waals surface area contributed by atoms with Crippen LogP contribution in [0.15, 0.2) is 18.2 Å². The van der Waals surface area contributed by atoms with Crippen LogP contribution in [0.25, 0.3) is 0 Å². The lowest BCUT2D eigenvalue weighted by Gasteiger charge is -2.10. The smallest absolute Gasteiger partial charge is 0.338 e. The Morgan fingerprint density at radius 3 is 2.56 bits per heavy atom. The number of para-hydroxylation sites is 1. The van der Waals surface area contributed by atoms with Crippen LogP contribution in [0.3, 0.4) is 0 Å². The molecule has 0 unspecified atom stereocenters. The van der Waals surface area contributed by atoms with Crippen LogP contribution in [0, 0.1) is 0 Å². The Morgan fingerprint density at radius 1 is 1.12 bits per heavy atom. The molecule has 0 aliphatic carbocycles. The molecule has 1 aromatic heterocycles. The van der Waals surface area contributed by atoms with E-state index in [9.17, 15) is 0 Å². The number of aromatic amines is 1. The molecule has 0 amide bonds. The predicted molar refractivity (Wildman–Crippen MR) is 53.8 cm³/mol. The van der Waals surface area contributed by atoms with Gasteiger partial charge in [0.05, 0.1) is 14.2 Å². The minimum absolute atomic E-state index is 0.187. The zero-order valence-corrected chi connectivity index (χ0v) is 8.80. The van der Waals surface area contributed by atoms with E-state index < -0.39 is 0 Å². The highest BCUT2D eigenvalue weighted by Crippen LogP contribution is 2.37. The fourth-order valence-corrected chi connectivity index (χ4v) is 1.24. The number of aromatic nitrogens is 4. The quantitative estimate of drug-likeness (QED) is 0.831. The third-order valence-electron chi connectivity index (χ3n) is 1.90. The number of hydrogen-bond acceptors (Lipinski definition) is 6. The molecular weight excluding hydrogens is 212 g/mol. The third-order valence-corrected chi connectivity index (χ3v) is 1.90. The van der Waals surface area contributed by atoms with Gasteiger partial charge in [0.2, 0.25) is 5.75 Å². The zero-order chi connectivity index (χ0) is 11.4. The molecule has 0 radical (unpaired) electrons. The first-order valence-electron chi connectivity index (χ1n) is 4.47. The van der Waals surface area contributed by atoms with Crippen molar-refractivity contribution < 1.29 is 14.2 Å². The van der Waals surface area contributed by atoms with Gasteiger partial charge in [-0.05, 0) is 22.6 Å². The average molecular weight is 222 g/mol. The summed E-state index contributed by atoms with van der Waals surface area (Å²) in [5.41, 5.74) is 0. The van der Waals surface area contributed by atoms with E-state index in [4.69, 9.17) is 14.2 Å². The van der Waals surface area contributed by atoms with E-state index in [-0.39, 0.29) is 6.01 Å². The fourth-order valence-electron chi connectivity index (χ4n) is 1.24. The van der Waals surface area contributed by atoms with Gasteiger partial charge < -0.3 is 14.2 Å². The highest BCUT2D eigenvalue weighted by atomic mass is 16.5. The molecule has 0 atom stereocenters. The maximum absolute atomic E-state index is 5.39. The van der Waals surface area contributed by atoms with Crippen molar-refractivity contribution >= 4 is 0 Å². The lowest BCUT2D eigenvalue weighted by molar-refractivity contribution is 0.331. The maximum Gasteiger partial charge on any atom is 0.338 e. The molecule has 84 valence electrons. The van der Waals surface area contributed by atoms with Gasteiger partial charge in [-0.2, -0.15) is 0 Å². The highest BCUT2D eigenvalue weighted by Gasteiger charge is 2.12. The Balaban J connectivity index is 2.33. The van der Waals surface area contributed by atoms with Gasteiger partial charge in [-0.1, -0.05) is 11.2 Å². The van der Waals surface area contributed by atoms with Gasteiger partial charge >= 0.3 is 6.01 Å². The van der Waals surface area contributed by atoms with Gasteiger partial charge in [0, 0.05) is 0 Å². The average Bonchev–Trinajstić information content (AvgIpc) is 2.81. The van der Waals surface area contributed by atoms with Crippen LogP contribution in [0.4, 0.5) is 0 Å². The molecule has 1 aromatic carbocycles. The van der Waals surface area contributed by atoms with Crippen molar-refractivity contribution in [2.24, 2.45) is 0 Å². The van der Waals surface area contributed by atoms with Gasteiger partial charge in [0.1, 0.15) is 0 Å². The fraction of sp³-hybridized carbons (Fsp3) is 0.222. The van der Waals surface area contributed by atoms with Crippen LogP contribution in [0.5, 0.6) is 23.3 Å².